The summed E-state index contributed by atoms with van der Waals surface area (Å²) in [6.45, 7) is 6.36. The van der Waals surface area contributed by atoms with Gasteiger partial charge in [0.15, 0.2) is 0 Å². The highest BCUT2D eigenvalue weighted by Gasteiger charge is 2.19. The molecule has 1 aromatic heterocycles. The van der Waals surface area contributed by atoms with Gasteiger partial charge in [0.2, 0.25) is 5.88 Å². The zero-order chi connectivity index (χ0) is 11.6. The van der Waals surface area contributed by atoms with Crippen molar-refractivity contribution in [2.75, 3.05) is 0 Å². The van der Waals surface area contributed by atoms with Gasteiger partial charge in [0.1, 0.15) is 0 Å². The number of hydrogen-bond acceptors (Lipinski definition) is 3. The van der Waals surface area contributed by atoms with Crippen LogP contribution < -0.4 is 5.69 Å². The molecule has 1 N–H and O–H groups in total. The van der Waals surface area contributed by atoms with Crippen LogP contribution >= 0.6 is 12.6 Å². The van der Waals surface area contributed by atoms with Gasteiger partial charge < -0.3 is 5.11 Å². The molecular formula is C10H18N2O2S. The van der Waals surface area contributed by atoms with Crippen LogP contribution in [0.2, 0.25) is 0 Å². The van der Waals surface area contributed by atoms with Crippen LogP contribution in [0.5, 0.6) is 5.88 Å². The maximum Gasteiger partial charge on any atom is 0.331 e. The molecule has 0 unspecified atom stereocenters. The van der Waals surface area contributed by atoms with Crippen molar-refractivity contribution in [3.05, 3.63) is 16.2 Å². The molecule has 0 saturated carbocycles. The van der Waals surface area contributed by atoms with Crippen LogP contribution in [-0.2, 0) is 12.3 Å². The molecule has 4 nitrogen and oxygen atoms in total. The highest BCUT2D eigenvalue weighted by molar-refractivity contribution is 7.79. The minimum Gasteiger partial charge on any atom is -0.493 e. The fourth-order valence-electron chi connectivity index (χ4n) is 1.70. The van der Waals surface area contributed by atoms with E-state index in [1.165, 1.54) is 4.57 Å². The average molecular weight is 230 g/mol. The molecule has 0 amide bonds. The quantitative estimate of drug-likeness (QED) is 0.774. The van der Waals surface area contributed by atoms with E-state index in [2.05, 4.69) is 12.6 Å². The van der Waals surface area contributed by atoms with Crippen molar-refractivity contribution < 1.29 is 5.11 Å². The molecule has 1 rings (SSSR count). The number of aromatic nitrogens is 2. The summed E-state index contributed by atoms with van der Waals surface area (Å²) in [5.74, 6) is 0.432. The number of nitrogens with zero attached hydrogens (tertiary/aromatic N) is 2. The summed E-state index contributed by atoms with van der Waals surface area (Å²) < 4.78 is 3.00. The van der Waals surface area contributed by atoms with Crippen molar-refractivity contribution in [1.29, 1.82) is 0 Å². The summed E-state index contributed by atoms with van der Waals surface area (Å²) in [6, 6.07) is 0.0451. The third-order valence-corrected chi connectivity index (χ3v) is 2.65. The Balaban J connectivity index is 3.39. The number of rotatable bonds is 4. The minimum atomic E-state index is -0.145. The lowest BCUT2D eigenvalue weighted by Crippen LogP contribution is -2.26. The number of hydrogen-bond donors (Lipinski definition) is 2. The highest BCUT2D eigenvalue weighted by Crippen LogP contribution is 2.21. The van der Waals surface area contributed by atoms with Gasteiger partial charge in [-0.3, -0.25) is 9.13 Å². The summed E-state index contributed by atoms with van der Waals surface area (Å²) in [7, 11) is 0. The average Bonchev–Trinajstić information content (AvgIpc) is 2.41. The van der Waals surface area contributed by atoms with Gasteiger partial charge in [-0.25, -0.2) is 4.79 Å². The molecule has 1 aromatic rings. The molecule has 0 bridgehead atoms. The Morgan fingerprint density at radius 1 is 1.47 bits per heavy atom. The van der Waals surface area contributed by atoms with Gasteiger partial charge in [0.25, 0.3) is 0 Å². The van der Waals surface area contributed by atoms with Gasteiger partial charge in [-0.15, -0.1) is 0 Å². The normalized spacial score (nSPS) is 11.3. The van der Waals surface area contributed by atoms with E-state index in [0.717, 1.165) is 6.42 Å². The van der Waals surface area contributed by atoms with Crippen LogP contribution in [0.1, 0.15) is 38.9 Å². The van der Waals surface area contributed by atoms with Crippen LogP contribution in [0.4, 0.5) is 0 Å². The van der Waals surface area contributed by atoms with E-state index in [1.54, 1.807) is 4.57 Å². The second-order valence-electron chi connectivity index (χ2n) is 3.83. The zero-order valence-corrected chi connectivity index (χ0v) is 10.3. The molecule has 86 valence electrons. The second kappa shape index (κ2) is 4.79. The van der Waals surface area contributed by atoms with E-state index in [0.29, 0.717) is 18.0 Å². The predicted molar refractivity (Wildman–Crippen MR) is 63.7 cm³/mol. The molecule has 5 heteroatoms. The number of thiol groups is 1. The van der Waals surface area contributed by atoms with E-state index in [4.69, 9.17) is 0 Å². The molecule has 0 aliphatic rings. The van der Waals surface area contributed by atoms with Gasteiger partial charge in [0.05, 0.1) is 5.69 Å². The topological polar surface area (TPSA) is 47.2 Å². The van der Waals surface area contributed by atoms with E-state index >= 15 is 0 Å². The molecule has 0 aliphatic carbocycles. The van der Waals surface area contributed by atoms with Crippen LogP contribution in [0.3, 0.4) is 0 Å². The fraction of sp³-hybridized carbons (Fsp3) is 0.700. The van der Waals surface area contributed by atoms with Crippen LogP contribution in [0, 0.1) is 0 Å². The largest absolute Gasteiger partial charge is 0.493 e. The van der Waals surface area contributed by atoms with E-state index in [1.807, 2.05) is 20.8 Å². The van der Waals surface area contributed by atoms with Crippen LogP contribution in [-0.4, -0.2) is 14.2 Å². The molecule has 1 heterocycles. The molecule has 0 radical (unpaired) electrons. The lowest BCUT2D eigenvalue weighted by molar-refractivity contribution is 0.408. The van der Waals surface area contributed by atoms with Crippen molar-refractivity contribution >= 4 is 12.6 Å². The molecular weight excluding hydrogens is 212 g/mol. The second-order valence-corrected chi connectivity index (χ2v) is 4.14. The third-order valence-electron chi connectivity index (χ3n) is 2.35. The maximum atomic E-state index is 11.9. The fourth-order valence-corrected chi connectivity index (χ4v) is 2.00. The van der Waals surface area contributed by atoms with Crippen molar-refractivity contribution in [1.82, 2.24) is 9.13 Å². The first kappa shape index (κ1) is 12.2. The Hall–Kier alpha value is -0.840. The molecule has 0 spiro atoms. The molecule has 0 aliphatic heterocycles. The Labute approximate surface area is 94.9 Å². The van der Waals surface area contributed by atoms with E-state index < -0.39 is 0 Å². The zero-order valence-electron chi connectivity index (χ0n) is 9.40. The minimum absolute atomic E-state index is 0.0451. The first-order valence-corrected chi connectivity index (χ1v) is 5.81. The summed E-state index contributed by atoms with van der Waals surface area (Å²) >= 11 is 4.14. The van der Waals surface area contributed by atoms with Crippen LogP contribution in [0.15, 0.2) is 4.79 Å². The SMILES string of the molecule is CCCn1c(O)c(CS)n(C(C)C)c1=O. The molecule has 0 fully saturated rings. The molecule has 0 atom stereocenters. The first-order valence-electron chi connectivity index (χ1n) is 5.18. The molecule has 15 heavy (non-hydrogen) atoms. The third kappa shape index (κ3) is 2.07. The van der Waals surface area contributed by atoms with E-state index in [9.17, 15) is 9.90 Å². The smallest absolute Gasteiger partial charge is 0.331 e. The Bertz CT molecular complexity index is 393. The standard InChI is InChI=1S/C10H18N2O2S/c1-4-5-11-9(13)8(6-15)12(7(2)3)10(11)14/h7,13,15H,4-6H2,1-3H3. The summed E-state index contributed by atoms with van der Waals surface area (Å²) in [5, 5.41) is 9.86. The molecule has 0 aromatic carbocycles. The summed E-state index contributed by atoms with van der Waals surface area (Å²) in [5.41, 5.74) is 0.459. The van der Waals surface area contributed by atoms with Gasteiger partial charge in [-0.1, -0.05) is 6.92 Å². The van der Waals surface area contributed by atoms with Gasteiger partial charge in [-0.05, 0) is 20.3 Å². The Morgan fingerprint density at radius 2 is 2.07 bits per heavy atom. The van der Waals surface area contributed by atoms with Crippen molar-refractivity contribution in [3.63, 3.8) is 0 Å². The maximum absolute atomic E-state index is 11.9. The van der Waals surface area contributed by atoms with Gasteiger partial charge >= 0.3 is 5.69 Å². The van der Waals surface area contributed by atoms with E-state index in [-0.39, 0.29) is 17.6 Å². The van der Waals surface area contributed by atoms with Crippen molar-refractivity contribution in [2.24, 2.45) is 0 Å². The Kier molecular flexibility index (Phi) is 3.90. The number of imidazole rings is 1. The van der Waals surface area contributed by atoms with Crippen LogP contribution in [0.25, 0.3) is 0 Å². The number of aromatic hydroxyl groups is 1. The monoisotopic (exact) mass is 230 g/mol. The first-order chi connectivity index (χ1) is 7.04. The van der Waals surface area contributed by atoms with Crippen molar-refractivity contribution in [2.45, 2.75) is 45.5 Å². The molecule has 0 saturated heterocycles. The van der Waals surface area contributed by atoms with Gasteiger partial charge in [0, 0.05) is 18.3 Å². The Morgan fingerprint density at radius 3 is 2.40 bits per heavy atom. The van der Waals surface area contributed by atoms with Gasteiger partial charge in [-0.2, -0.15) is 12.6 Å². The lowest BCUT2D eigenvalue weighted by Gasteiger charge is -2.08. The lowest BCUT2D eigenvalue weighted by atomic mass is 10.3. The highest BCUT2D eigenvalue weighted by atomic mass is 32.1. The van der Waals surface area contributed by atoms with Crippen molar-refractivity contribution in [3.8, 4) is 5.88 Å². The summed E-state index contributed by atoms with van der Waals surface area (Å²) in [6.07, 6.45) is 0.821. The predicted octanol–water partition coefficient (Wildman–Crippen LogP) is 1.78. The summed E-state index contributed by atoms with van der Waals surface area (Å²) in [4.78, 5) is 11.9.